The minimum absolute atomic E-state index is 0.260. The van der Waals surface area contributed by atoms with Gasteiger partial charge in [0.15, 0.2) is 0 Å². The van der Waals surface area contributed by atoms with E-state index in [4.69, 9.17) is 5.26 Å². The van der Waals surface area contributed by atoms with Gasteiger partial charge < -0.3 is 0 Å². The lowest BCUT2D eigenvalue weighted by atomic mass is 9.99. The normalized spacial score (nSPS) is 21.1. The Morgan fingerprint density at radius 1 is 1.53 bits per heavy atom. The largest absolute Gasteiger partial charge is 0.299 e. The summed E-state index contributed by atoms with van der Waals surface area (Å²) in [4.78, 5) is 2.31. The van der Waals surface area contributed by atoms with Crippen LogP contribution in [0.5, 0.6) is 0 Å². The van der Waals surface area contributed by atoms with Gasteiger partial charge in [-0.15, -0.1) is 0 Å². The molecule has 1 atom stereocenters. The first kappa shape index (κ1) is 12.1. The molecule has 1 heterocycles. The lowest BCUT2D eigenvalue weighted by Gasteiger charge is -2.31. The number of nitriles is 1. The van der Waals surface area contributed by atoms with Crippen LogP contribution in [0.1, 0.15) is 30.9 Å². The minimum atomic E-state index is -0.260. The van der Waals surface area contributed by atoms with Crippen LogP contribution >= 0.6 is 0 Å². The maximum absolute atomic E-state index is 13.2. The first-order chi connectivity index (χ1) is 8.19. The van der Waals surface area contributed by atoms with E-state index in [1.54, 1.807) is 6.07 Å². The second-order valence-electron chi connectivity index (χ2n) is 4.90. The van der Waals surface area contributed by atoms with Crippen LogP contribution in [0, 0.1) is 23.1 Å². The minimum Gasteiger partial charge on any atom is -0.299 e. The Balaban J connectivity index is 2.12. The molecule has 1 unspecified atom stereocenters. The van der Waals surface area contributed by atoms with Crippen molar-refractivity contribution < 1.29 is 4.39 Å². The average Bonchev–Trinajstić information content (AvgIpc) is 2.29. The van der Waals surface area contributed by atoms with Gasteiger partial charge in [0, 0.05) is 13.1 Å². The molecule has 0 aromatic heterocycles. The summed E-state index contributed by atoms with van der Waals surface area (Å²) in [6.07, 6.45) is 2.46. The fourth-order valence-electron chi connectivity index (χ4n) is 2.47. The summed E-state index contributed by atoms with van der Waals surface area (Å²) < 4.78 is 13.2. The van der Waals surface area contributed by atoms with Crippen molar-refractivity contribution in [3.8, 4) is 6.07 Å². The molecule has 0 N–H and O–H groups in total. The molecule has 90 valence electrons. The van der Waals surface area contributed by atoms with Gasteiger partial charge in [0.1, 0.15) is 5.82 Å². The van der Waals surface area contributed by atoms with Gasteiger partial charge in [0.25, 0.3) is 0 Å². The highest BCUT2D eigenvalue weighted by Crippen LogP contribution is 2.19. The molecule has 17 heavy (non-hydrogen) atoms. The van der Waals surface area contributed by atoms with E-state index in [2.05, 4.69) is 17.9 Å². The van der Waals surface area contributed by atoms with Crippen LogP contribution in [-0.4, -0.2) is 18.0 Å². The predicted molar refractivity (Wildman–Crippen MR) is 64.8 cm³/mol. The average molecular weight is 232 g/mol. The summed E-state index contributed by atoms with van der Waals surface area (Å²) in [5, 5.41) is 9.00. The molecule has 1 aromatic rings. The second-order valence-corrected chi connectivity index (χ2v) is 4.90. The highest BCUT2D eigenvalue weighted by atomic mass is 19.1. The molecule has 2 nitrogen and oxygen atoms in total. The summed E-state index contributed by atoms with van der Waals surface area (Å²) in [7, 11) is 0. The zero-order valence-electron chi connectivity index (χ0n) is 10.1. The number of hydrogen-bond donors (Lipinski definition) is 0. The SMILES string of the molecule is CC1CCCN(Cc2cc(F)ccc2C#N)C1. The third kappa shape index (κ3) is 3.04. The molecule has 1 aliphatic rings. The number of likely N-dealkylation sites (tertiary alicyclic amines) is 1. The van der Waals surface area contributed by atoms with Crippen molar-refractivity contribution in [2.24, 2.45) is 5.92 Å². The first-order valence-corrected chi connectivity index (χ1v) is 6.10. The van der Waals surface area contributed by atoms with Gasteiger partial charge in [-0.1, -0.05) is 6.92 Å². The molecule has 3 heteroatoms. The third-order valence-electron chi connectivity index (χ3n) is 3.32. The van der Waals surface area contributed by atoms with Gasteiger partial charge in [-0.25, -0.2) is 4.39 Å². The van der Waals surface area contributed by atoms with Crippen LogP contribution in [0.2, 0.25) is 0 Å². The second kappa shape index (κ2) is 5.29. The molecule has 0 bridgehead atoms. The maximum atomic E-state index is 13.2. The molecular formula is C14H17FN2. The smallest absolute Gasteiger partial charge is 0.123 e. The van der Waals surface area contributed by atoms with Crippen LogP contribution in [-0.2, 0) is 6.54 Å². The van der Waals surface area contributed by atoms with Gasteiger partial charge in [0.05, 0.1) is 11.6 Å². The monoisotopic (exact) mass is 232 g/mol. The predicted octanol–water partition coefficient (Wildman–Crippen LogP) is 2.93. The zero-order chi connectivity index (χ0) is 12.3. The molecule has 0 aliphatic carbocycles. The van der Waals surface area contributed by atoms with Crippen molar-refractivity contribution in [3.05, 3.63) is 35.1 Å². The summed E-state index contributed by atoms with van der Waals surface area (Å²) in [5.41, 5.74) is 1.39. The van der Waals surface area contributed by atoms with Gasteiger partial charge >= 0.3 is 0 Å². The van der Waals surface area contributed by atoms with Crippen molar-refractivity contribution in [1.82, 2.24) is 4.90 Å². The van der Waals surface area contributed by atoms with Gasteiger partial charge in [-0.2, -0.15) is 5.26 Å². The Morgan fingerprint density at radius 3 is 3.06 bits per heavy atom. The number of hydrogen-bond acceptors (Lipinski definition) is 2. The molecule has 0 amide bonds. The highest BCUT2D eigenvalue weighted by Gasteiger charge is 2.17. The van der Waals surface area contributed by atoms with Crippen LogP contribution < -0.4 is 0 Å². The van der Waals surface area contributed by atoms with E-state index in [1.165, 1.54) is 25.0 Å². The van der Waals surface area contributed by atoms with E-state index in [-0.39, 0.29) is 5.82 Å². The molecule has 1 aromatic carbocycles. The Kier molecular flexibility index (Phi) is 3.75. The summed E-state index contributed by atoms with van der Waals surface area (Å²) >= 11 is 0. The van der Waals surface area contributed by atoms with E-state index < -0.39 is 0 Å². The fourth-order valence-corrected chi connectivity index (χ4v) is 2.47. The van der Waals surface area contributed by atoms with Crippen molar-refractivity contribution in [2.75, 3.05) is 13.1 Å². The van der Waals surface area contributed by atoms with E-state index in [9.17, 15) is 4.39 Å². The summed E-state index contributed by atoms with van der Waals surface area (Å²) in [6, 6.07) is 6.53. The van der Waals surface area contributed by atoms with Gasteiger partial charge in [0.2, 0.25) is 0 Å². The van der Waals surface area contributed by atoms with Crippen LogP contribution in [0.25, 0.3) is 0 Å². The molecule has 1 aliphatic heterocycles. The molecular weight excluding hydrogens is 215 g/mol. The Morgan fingerprint density at radius 2 is 2.35 bits per heavy atom. The van der Waals surface area contributed by atoms with E-state index in [0.717, 1.165) is 18.7 Å². The standard InChI is InChI=1S/C14H17FN2/c1-11-3-2-6-17(9-11)10-13-7-14(15)5-4-12(13)8-16/h4-5,7,11H,2-3,6,9-10H2,1H3. The third-order valence-corrected chi connectivity index (χ3v) is 3.32. The number of nitrogens with zero attached hydrogens (tertiary/aromatic N) is 2. The molecule has 2 rings (SSSR count). The van der Waals surface area contributed by atoms with Crippen LogP contribution in [0.15, 0.2) is 18.2 Å². The van der Waals surface area contributed by atoms with Crippen molar-refractivity contribution in [2.45, 2.75) is 26.3 Å². The Hall–Kier alpha value is -1.40. The van der Waals surface area contributed by atoms with E-state index >= 15 is 0 Å². The molecule has 0 spiro atoms. The lowest BCUT2D eigenvalue weighted by Crippen LogP contribution is -2.33. The Bertz CT molecular complexity index is 436. The van der Waals surface area contributed by atoms with Gasteiger partial charge in [-0.3, -0.25) is 4.90 Å². The number of halogens is 1. The molecule has 1 saturated heterocycles. The van der Waals surface area contributed by atoms with Crippen LogP contribution in [0.3, 0.4) is 0 Å². The van der Waals surface area contributed by atoms with E-state index in [0.29, 0.717) is 18.0 Å². The van der Waals surface area contributed by atoms with E-state index in [1.807, 2.05) is 0 Å². The lowest BCUT2D eigenvalue weighted by molar-refractivity contribution is 0.176. The number of rotatable bonds is 2. The van der Waals surface area contributed by atoms with Gasteiger partial charge in [-0.05, 0) is 49.1 Å². The number of benzene rings is 1. The van der Waals surface area contributed by atoms with Crippen molar-refractivity contribution in [1.29, 1.82) is 5.26 Å². The van der Waals surface area contributed by atoms with Crippen molar-refractivity contribution >= 4 is 0 Å². The van der Waals surface area contributed by atoms with Crippen molar-refractivity contribution in [3.63, 3.8) is 0 Å². The topological polar surface area (TPSA) is 27.0 Å². The summed E-state index contributed by atoms with van der Waals surface area (Å²) in [5.74, 6) is 0.437. The highest BCUT2D eigenvalue weighted by molar-refractivity contribution is 5.37. The molecule has 0 saturated carbocycles. The first-order valence-electron chi connectivity index (χ1n) is 6.10. The Labute approximate surface area is 102 Å². The quantitative estimate of drug-likeness (QED) is 0.784. The zero-order valence-corrected chi connectivity index (χ0v) is 10.1. The molecule has 1 fully saturated rings. The number of piperidine rings is 1. The maximum Gasteiger partial charge on any atom is 0.123 e. The van der Waals surface area contributed by atoms with Crippen LogP contribution in [0.4, 0.5) is 4.39 Å². The summed E-state index contributed by atoms with van der Waals surface area (Å²) in [6.45, 7) is 5.01. The molecule has 0 radical (unpaired) electrons. The fraction of sp³-hybridized carbons (Fsp3) is 0.500.